The molecular weight excluding hydrogens is 272 g/mol. The smallest absolute Gasteiger partial charge is 0.243 e. The quantitative estimate of drug-likeness (QED) is 0.533. The molecule has 0 radical (unpaired) electrons. The summed E-state index contributed by atoms with van der Waals surface area (Å²) < 4.78 is 0. The highest BCUT2D eigenvalue weighted by Crippen LogP contribution is 2.16. The van der Waals surface area contributed by atoms with E-state index in [0.29, 0.717) is 32.2 Å². The summed E-state index contributed by atoms with van der Waals surface area (Å²) in [7, 11) is 0. The van der Waals surface area contributed by atoms with Gasteiger partial charge in [-0.05, 0) is 25.2 Å². The van der Waals surface area contributed by atoms with Gasteiger partial charge in [0, 0.05) is 12.5 Å². The zero-order valence-corrected chi connectivity index (χ0v) is 12.4. The number of carbonyl (C=O) groups is 3. The molecule has 116 valence electrons. The lowest BCUT2D eigenvalue weighted by molar-refractivity contribution is -0.126. The highest BCUT2D eigenvalue weighted by molar-refractivity contribution is 5.84. The zero-order chi connectivity index (χ0) is 15.8. The molecule has 1 aliphatic rings. The van der Waals surface area contributed by atoms with Crippen molar-refractivity contribution in [3.8, 4) is 6.07 Å². The number of nitrogens with one attached hydrogen (secondary N) is 3. The van der Waals surface area contributed by atoms with Crippen LogP contribution in [0.1, 0.15) is 33.1 Å². The van der Waals surface area contributed by atoms with E-state index in [-0.39, 0.29) is 23.7 Å². The average molecular weight is 294 g/mol. The lowest BCUT2D eigenvalue weighted by atomic mass is 9.98. The molecule has 3 atom stereocenters. The summed E-state index contributed by atoms with van der Waals surface area (Å²) in [5.74, 6) is -0.470. The standard InChI is InChI=1S/C14H22N4O3/c1-9(2)5-12(17-8-19)14(21)18-11(7-15)6-10-3-4-16-13(10)20/h8-12H,3-6H2,1-2H3,(H,16,20)(H,17,19)(H,18,21)/t10?,11?,12-/m0/s1. The predicted octanol–water partition coefficient (Wildman–Crippen LogP) is -0.318. The average Bonchev–Trinajstić information content (AvgIpc) is 2.82. The van der Waals surface area contributed by atoms with Crippen LogP contribution in [0.5, 0.6) is 0 Å². The molecule has 0 aromatic carbocycles. The minimum absolute atomic E-state index is 0.0748. The van der Waals surface area contributed by atoms with Gasteiger partial charge in [0.2, 0.25) is 18.2 Å². The molecule has 3 N–H and O–H groups in total. The van der Waals surface area contributed by atoms with Crippen molar-refractivity contribution in [3.63, 3.8) is 0 Å². The minimum atomic E-state index is -0.727. The Hall–Kier alpha value is -2.10. The van der Waals surface area contributed by atoms with Gasteiger partial charge in [-0.15, -0.1) is 0 Å². The van der Waals surface area contributed by atoms with Crippen LogP contribution in [0.15, 0.2) is 0 Å². The summed E-state index contributed by atoms with van der Waals surface area (Å²) in [6.07, 6.45) is 1.95. The number of hydrogen-bond donors (Lipinski definition) is 3. The normalized spacial score (nSPS) is 20.3. The molecule has 1 heterocycles. The predicted molar refractivity (Wildman–Crippen MR) is 75.7 cm³/mol. The van der Waals surface area contributed by atoms with E-state index in [9.17, 15) is 14.4 Å². The van der Waals surface area contributed by atoms with Crippen molar-refractivity contribution in [1.29, 1.82) is 5.26 Å². The van der Waals surface area contributed by atoms with Gasteiger partial charge < -0.3 is 16.0 Å². The third-order valence-electron chi connectivity index (χ3n) is 3.45. The lowest BCUT2D eigenvalue weighted by Crippen LogP contribution is -2.48. The fourth-order valence-corrected chi connectivity index (χ4v) is 2.37. The van der Waals surface area contributed by atoms with Gasteiger partial charge in [0.15, 0.2) is 0 Å². The van der Waals surface area contributed by atoms with Crippen molar-refractivity contribution < 1.29 is 14.4 Å². The van der Waals surface area contributed by atoms with Gasteiger partial charge in [-0.25, -0.2) is 0 Å². The van der Waals surface area contributed by atoms with Gasteiger partial charge in [-0.3, -0.25) is 14.4 Å². The van der Waals surface area contributed by atoms with Gasteiger partial charge in [0.25, 0.3) is 0 Å². The van der Waals surface area contributed by atoms with Crippen molar-refractivity contribution in [2.45, 2.75) is 45.2 Å². The van der Waals surface area contributed by atoms with Crippen LogP contribution in [0.3, 0.4) is 0 Å². The topological polar surface area (TPSA) is 111 Å². The number of hydrogen-bond acceptors (Lipinski definition) is 4. The molecule has 0 spiro atoms. The Morgan fingerprint density at radius 2 is 2.29 bits per heavy atom. The summed E-state index contributed by atoms with van der Waals surface area (Å²) in [4.78, 5) is 34.2. The SMILES string of the molecule is CC(C)C[C@H](NC=O)C(=O)NC(C#N)CC1CCNC1=O. The third kappa shape index (κ3) is 5.42. The summed E-state index contributed by atoms with van der Waals surface area (Å²) >= 11 is 0. The molecule has 0 aromatic heterocycles. The van der Waals surface area contributed by atoms with Gasteiger partial charge in [-0.1, -0.05) is 13.8 Å². The van der Waals surface area contributed by atoms with Crippen LogP contribution in [-0.4, -0.2) is 36.9 Å². The Bertz CT molecular complexity index is 430. The van der Waals surface area contributed by atoms with E-state index in [1.165, 1.54) is 0 Å². The van der Waals surface area contributed by atoms with E-state index in [0.717, 1.165) is 0 Å². The van der Waals surface area contributed by atoms with Crippen molar-refractivity contribution in [1.82, 2.24) is 16.0 Å². The van der Waals surface area contributed by atoms with Crippen LogP contribution in [-0.2, 0) is 14.4 Å². The van der Waals surface area contributed by atoms with E-state index in [1.807, 2.05) is 19.9 Å². The lowest BCUT2D eigenvalue weighted by Gasteiger charge is -2.20. The largest absolute Gasteiger partial charge is 0.356 e. The first-order chi connectivity index (χ1) is 9.97. The third-order valence-corrected chi connectivity index (χ3v) is 3.45. The van der Waals surface area contributed by atoms with E-state index < -0.39 is 12.1 Å². The number of carbonyl (C=O) groups excluding carboxylic acids is 3. The van der Waals surface area contributed by atoms with Crippen molar-refractivity contribution >= 4 is 18.2 Å². The Labute approximate surface area is 124 Å². The van der Waals surface area contributed by atoms with E-state index in [1.54, 1.807) is 0 Å². The minimum Gasteiger partial charge on any atom is -0.356 e. The Morgan fingerprint density at radius 3 is 2.76 bits per heavy atom. The Morgan fingerprint density at radius 1 is 1.57 bits per heavy atom. The zero-order valence-electron chi connectivity index (χ0n) is 12.4. The molecule has 1 rings (SSSR count). The van der Waals surface area contributed by atoms with Crippen LogP contribution in [0.25, 0.3) is 0 Å². The van der Waals surface area contributed by atoms with Crippen LogP contribution in [0.4, 0.5) is 0 Å². The fourth-order valence-electron chi connectivity index (χ4n) is 2.37. The molecule has 2 unspecified atom stereocenters. The summed E-state index contributed by atoms with van der Waals surface area (Å²) in [6.45, 7) is 4.49. The molecule has 0 bridgehead atoms. The number of nitrogens with zero attached hydrogens (tertiary/aromatic N) is 1. The molecule has 1 aliphatic heterocycles. The Kier molecular flexibility index (Phi) is 6.66. The second kappa shape index (κ2) is 8.25. The van der Waals surface area contributed by atoms with Crippen LogP contribution in [0.2, 0.25) is 0 Å². The van der Waals surface area contributed by atoms with Crippen molar-refractivity contribution in [2.75, 3.05) is 6.54 Å². The molecule has 0 aliphatic carbocycles. The van der Waals surface area contributed by atoms with E-state index >= 15 is 0 Å². The first kappa shape index (κ1) is 17.0. The first-order valence-corrected chi connectivity index (χ1v) is 7.15. The van der Waals surface area contributed by atoms with Gasteiger partial charge >= 0.3 is 0 Å². The highest BCUT2D eigenvalue weighted by atomic mass is 16.2. The van der Waals surface area contributed by atoms with Crippen molar-refractivity contribution in [2.24, 2.45) is 11.8 Å². The molecule has 0 aromatic rings. The number of nitriles is 1. The second-order valence-electron chi connectivity index (χ2n) is 5.67. The summed E-state index contributed by atoms with van der Waals surface area (Å²) in [6, 6.07) is 0.619. The molecule has 1 fully saturated rings. The molecule has 3 amide bonds. The fraction of sp³-hybridized carbons (Fsp3) is 0.714. The van der Waals surface area contributed by atoms with Gasteiger partial charge in [-0.2, -0.15) is 5.26 Å². The van der Waals surface area contributed by atoms with E-state index in [2.05, 4.69) is 16.0 Å². The maximum absolute atomic E-state index is 12.1. The van der Waals surface area contributed by atoms with Gasteiger partial charge in [0.1, 0.15) is 12.1 Å². The Balaban J connectivity index is 2.57. The van der Waals surface area contributed by atoms with Crippen LogP contribution in [0, 0.1) is 23.2 Å². The maximum Gasteiger partial charge on any atom is 0.243 e. The molecule has 0 saturated carbocycles. The number of rotatable bonds is 8. The van der Waals surface area contributed by atoms with Crippen LogP contribution >= 0.6 is 0 Å². The monoisotopic (exact) mass is 294 g/mol. The summed E-state index contributed by atoms with van der Waals surface area (Å²) in [5.41, 5.74) is 0. The van der Waals surface area contributed by atoms with Gasteiger partial charge in [0.05, 0.1) is 6.07 Å². The van der Waals surface area contributed by atoms with Crippen LogP contribution < -0.4 is 16.0 Å². The number of amides is 3. The first-order valence-electron chi connectivity index (χ1n) is 7.15. The second-order valence-corrected chi connectivity index (χ2v) is 5.67. The van der Waals surface area contributed by atoms with E-state index in [4.69, 9.17) is 5.26 Å². The molecule has 7 heteroatoms. The summed E-state index contributed by atoms with van der Waals surface area (Å²) in [5, 5.41) is 16.9. The molecule has 21 heavy (non-hydrogen) atoms. The maximum atomic E-state index is 12.1. The van der Waals surface area contributed by atoms with Crippen molar-refractivity contribution in [3.05, 3.63) is 0 Å². The highest BCUT2D eigenvalue weighted by Gasteiger charge is 2.29. The molecule has 1 saturated heterocycles. The molecule has 7 nitrogen and oxygen atoms in total. The molecular formula is C14H22N4O3.